The van der Waals surface area contributed by atoms with E-state index in [0.717, 1.165) is 25.8 Å². The molecule has 0 aromatic rings. The molecule has 3 N–H and O–H groups in total. The molecule has 0 aromatic carbocycles. The first kappa shape index (κ1) is 17.7. The molecule has 5 heteroatoms. The molecule has 0 bridgehead atoms. The van der Waals surface area contributed by atoms with Crippen LogP contribution in [-0.2, 0) is 4.79 Å². The van der Waals surface area contributed by atoms with Crippen molar-refractivity contribution < 1.29 is 4.79 Å². The van der Waals surface area contributed by atoms with E-state index >= 15 is 0 Å². The minimum atomic E-state index is 0. The maximum absolute atomic E-state index is 12.2. The van der Waals surface area contributed by atoms with Gasteiger partial charge >= 0.3 is 0 Å². The second-order valence-electron chi connectivity index (χ2n) is 6.11. The van der Waals surface area contributed by atoms with Crippen LogP contribution in [0, 0.1) is 0 Å². The normalized spacial score (nSPS) is 25.6. The molecule has 0 radical (unpaired) electrons. The number of piperidine rings is 1. The molecule has 1 aliphatic carbocycles. The summed E-state index contributed by atoms with van der Waals surface area (Å²) in [6.45, 7) is 2.25. The summed E-state index contributed by atoms with van der Waals surface area (Å²) in [5, 5.41) is 3.23. The van der Waals surface area contributed by atoms with E-state index in [9.17, 15) is 4.79 Å². The van der Waals surface area contributed by atoms with Gasteiger partial charge in [-0.15, -0.1) is 12.4 Å². The van der Waals surface area contributed by atoms with Crippen LogP contribution in [0.1, 0.15) is 57.8 Å². The summed E-state index contributed by atoms with van der Waals surface area (Å²) in [6.07, 6.45) is 11.1. The average molecular weight is 304 g/mol. The number of nitrogens with two attached hydrogens (primary N) is 1. The molecule has 0 spiro atoms. The molecule has 1 unspecified atom stereocenters. The molecule has 1 atom stereocenters. The van der Waals surface area contributed by atoms with Gasteiger partial charge in [-0.25, -0.2) is 0 Å². The Labute approximate surface area is 129 Å². The van der Waals surface area contributed by atoms with Gasteiger partial charge in [-0.3, -0.25) is 9.69 Å². The third kappa shape index (κ3) is 5.58. The van der Waals surface area contributed by atoms with Crippen molar-refractivity contribution in [2.24, 2.45) is 5.73 Å². The molecule has 1 saturated heterocycles. The Morgan fingerprint density at radius 3 is 2.35 bits per heavy atom. The summed E-state index contributed by atoms with van der Waals surface area (Å²) in [5.74, 6) is 0.201. The van der Waals surface area contributed by atoms with Gasteiger partial charge in [-0.1, -0.05) is 32.1 Å². The molecular weight excluding hydrogens is 274 g/mol. The highest BCUT2D eigenvalue weighted by Crippen LogP contribution is 2.18. The molecule has 2 rings (SSSR count). The lowest BCUT2D eigenvalue weighted by atomic mass is 10.0. The number of hydrogen-bond donors (Lipinski definition) is 2. The second kappa shape index (κ2) is 9.59. The van der Waals surface area contributed by atoms with Gasteiger partial charge in [0.15, 0.2) is 0 Å². The third-order valence-electron chi connectivity index (χ3n) is 4.59. The molecule has 1 saturated carbocycles. The van der Waals surface area contributed by atoms with Crippen molar-refractivity contribution in [3.05, 3.63) is 0 Å². The number of carbonyl (C=O) groups is 1. The predicted molar refractivity (Wildman–Crippen MR) is 85.1 cm³/mol. The van der Waals surface area contributed by atoms with Gasteiger partial charge in [0.1, 0.15) is 0 Å². The van der Waals surface area contributed by atoms with Crippen LogP contribution in [0.2, 0.25) is 0 Å². The van der Waals surface area contributed by atoms with E-state index in [1.165, 1.54) is 38.5 Å². The number of hydrogen-bond acceptors (Lipinski definition) is 3. The topological polar surface area (TPSA) is 58.4 Å². The standard InChI is InChI=1S/C15H29N3O.ClH/c16-11-14-9-5-6-10-18(14)12-15(19)17-13-7-3-1-2-4-8-13;/h13-14H,1-12,16H2,(H,17,19);1H. The van der Waals surface area contributed by atoms with Gasteiger partial charge in [0.25, 0.3) is 0 Å². The van der Waals surface area contributed by atoms with Crippen molar-refractivity contribution in [2.75, 3.05) is 19.6 Å². The zero-order chi connectivity index (χ0) is 13.5. The van der Waals surface area contributed by atoms with E-state index in [2.05, 4.69) is 10.2 Å². The number of nitrogens with zero attached hydrogens (tertiary/aromatic N) is 1. The van der Waals surface area contributed by atoms with Crippen LogP contribution in [0.3, 0.4) is 0 Å². The van der Waals surface area contributed by atoms with Crippen LogP contribution in [0.15, 0.2) is 0 Å². The Kier molecular flexibility index (Phi) is 8.50. The maximum Gasteiger partial charge on any atom is 0.234 e. The van der Waals surface area contributed by atoms with E-state index in [1.54, 1.807) is 0 Å². The number of amides is 1. The lowest BCUT2D eigenvalue weighted by Crippen LogP contribution is -2.49. The highest BCUT2D eigenvalue weighted by atomic mass is 35.5. The lowest BCUT2D eigenvalue weighted by molar-refractivity contribution is -0.123. The van der Waals surface area contributed by atoms with Crippen molar-refractivity contribution >= 4 is 18.3 Å². The Bertz CT molecular complexity index is 280. The summed E-state index contributed by atoms with van der Waals surface area (Å²) < 4.78 is 0. The largest absolute Gasteiger partial charge is 0.352 e. The van der Waals surface area contributed by atoms with Crippen LogP contribution in [0.25, 0.3) is 0 Å². The van der Waals surface area contributed by atoms with Crippen molar-refractivity contribution in [3.8, 4) is 0 Å². The average Bonchev–Trinajstić information content (AvgIpc) is 2.68. The molecule has 2 aliphatic rings. The first-order valence-corrected chi connectivity index (χ1v) is 8.03. The molecule has 1 heterocycles. The van der Waals surface area contributed by atoms with Crippen LogP contribution < -0.4 is 11.1 Å². The predicted octanol–water partition coefficient (Wildman–Crippen LogP) is 2.06. The molecule has 20 heavy (non-hydrogen) atoms. The van der Waals surface area contributed by atoms with Gasteiger partial charge in [0.2, 0.25) is 5.91 Å². The Morgan fingerprint density at radius 2 is 1.70 bits per heavy atom. The molecule has 1 amide bonds. The van der Waals surface area contributed by atoms with E-state index in [4.69, 9.17) is 5.73 Å². The Hall–Kier alpha value is -0.320. The SMILES string of the molecule is Cl.NCC1CCCCN1CC(=O)NC1CCCCCC1. The summed E-state index contributed by atoms with van der Waals surface area (Å²) >= 11 is 0. The van der Waals surface area contributed by atoms with Gasteiger partial charge in [-0.05, 0) is 32.2 Å². The van der Waals surface area contributed by atoms with Crippen LogP contribution in [-0.4, -0.2) is 42.5 Å². The Morgan fingerprint density at radius 1 is 1.05 bits per heavy atom. The summed E-state index contributed by atoms with van der Waals surface area (Å²) in [6, 6.07) is 0.824. The molecular formula is C15H30ClN3O. The van der Waals surface area contributed by atoms with E-state index in [0.29, 0.717) is 25.2 Å². The summed E-state index contributed by atoms with van der Waals surface area (Å²) in [5.41, 5.74) is 5.80. The number of nitrogens with one attached hydrogen (secondary N) is 1. The third-order valence-corrected chi connectivity index (χ3v) is 4.59. The van der Waals surface area contributed by atoms with Crippen molar-refractivity contribution in [1.29, 1.82) is 0 Å². The lowest BCUT2D eigenvalue weighted by Gasteiger charge is -2.34. The smallest absolute Gasteiger partial charge is 0.234 e. The number of halogens is 1. The van der Waals surface area contributed by atoms with Crippen molar-refractivity contribution in [1.82, 2.24) is 10.2 Å². The molecule has 2 fully saturated rings. The fourth-order valence-electron chi connectivity index (χ4n) is 3.42. The van der Waals surface area contributed by atoms with Crippen molar-refractivity contribution in [2.45, 2.75) is 69.9 Å². The van der Waals surface area contributed by atoms with Gasteiger partial charge in [-0.2, -0.15) is 0 Å². The fourth-order valence-corrected chi connectivity index (χ4v) is 3.42. The fraction of sp³-hybridized carbons (Fsp3) is 0.933. The highest BCUT2D eigenvalue weighted by Gasteiger charge is 2.24. The quantitative estimate of drug-likeness (QED) is 0.782. The monoisotopic (exact) mass is 303 g/mol. The molecule has 4 nitrogen and oxygen atoms in total. The zero-order valence-electron chi connectivity index (χ0n) is 12.5. The summed E-state index contributed by atoms with van der Waals surface area (Å²) in [7, 11) is 0. The highest BCUT2D eigenvalue weighted by molar-refractivity contribution is 5.85. The minimum Gasteiger partial charge on any atom is -0.352 e. The minimum absolute atomic E-state index is 0. The van der Waals surface area contributed by atoms with Gasteiger partial charge < -0.3 is 11.1 Å². The molecule has 118 valence electrons. The van der Waals surface area contributed by atoms with Crippen LogP contribution in [0.4, 0.5) is 0 Å². The first-order valence-electron chi connectivity index (χ1n) is 8.03. The molecule has 0 aromatic heterocycles. The Balaban J connectivity index is 0.00000200. The maximum atomic E-state index is 12.2. The summed E-state index contributed by atoms with van der Waals surface area (Å²) in [4.78, 5) is 14.4. The van der Waals surface area contributed by atoms with E-state index in [-0.39, 0.29) is 18.3 Å². The number of carbonyl (C=O) groups excluding carboxylic acids is 1. The van der Waals surface area contributed by atoms with Gasteiger partial charge in [0, 0.05) is 18.6 Å². The first-order chi connectivity index (χ1) is 9.29. The van der Waals surface area contributed by atoms with Crippen LogP contribution >= 0.6 is 12.4 Å². The van der Waals surface area contributed by atoms with E-state index < -0.39 is 0 Å². The van der Waals surface area contributed by atoms with Gasteiger partial charge in [0.05, 0.1) is 6.54 Å². The van der Waals surface area contributed by atoms with Crippen LogP contribution in [0.5, 0.6) is 0 Å². The second-order valence-corrected chi connectivity index (χ2v) is 6.11. The van der Waals surface area contributed by atoms with E-state index in [1.807, 2.05) is 0 Å². The number of likely N-dealkylation sites (tertiary alicyclic amines) is 1. The number of rotatable bonds is 4. The van der Waals surface area contributed by atoms with Crippen molar-refractivity contribution in [3.63, 3.8) is 0 Å². The molecule has 1 aliphatic heterocycles. The zero-order valence-corrected chi connectivity index (χ0v) is 13.3.